The van der Waals surface area contributed by atoms with Crippen molar-refractivity contribution < 1.29 is 4.79 Å². The Bertz CT molecular complexity index is 173. The van der Waals surface area contributed by atoms with Gasteiger partial charge in [-0.25, -0.2) is 0 Å². The summed E-state index contributed by atoms with van der Waals surface area (Å²) in [5, 5.41) is 2.91. The minimum atomic E-state index is 0.139. The van der Waals surface area contributed by atoms with Gasteiger partial charge in [0.15, 0.2) is 0 Å². The van der Waals surface area contributed by atoms with E-state index in [4.69, 9.17) is 5.73 Å². The Morgan fingerprint density at radius 3 is 2.73 bits per heavy atom. The maximum atomic E-state index is 11.4. The first-order chi connectivity index (χ1) is 7.10. The van der Waals surface area contributed by atoms with Crippen LogP contribution in [0.15, 0.2) is 0 Å². The molecule has 0 aliphatic carbocycles. The molecule has 0 aromatic carbocycles. The van der Waals surface area contributed by atoms with Crippen molar-refractivity contribution in [3.63, 3.8) is 0 Å². The molecule has 1 amide bonds. The fourth-order valence-corrected chi connectivity index (χ4v) is 1.13. The number of nitrogens with zero attached hydrogens (tertiary/aromatic N) is 1. The predicted octanol–water partition coefficient (Wildman–Crippen LogP) is 0.429. The van der Waals surface area contributed by atoms with E-state index in [1.165, 1.54) is 0 Å². The van der Waals surface area contributed by atoms with Crippen LogP contribution in [-0.2, 0) is 4.79 Å². The average Bonchev–Trinajstić information content (AvgIpc) is 2.25. The third-order valence-corrected chi connectivity index (χ3v) is 2.62. The third-order valence-electron chi connectivity index (χ3n) is 2.62. The SMILES string of the molecule is CCN(C)CCNC(=O)CCC(C)CN. The lowest BCUT2D eigenvalue weighted by atomic mass is 10.1. The van der Waals surface area contributed by atoms with Crippen molar-refractivity contribution in [2.45, 2.75) is 26.7 Å². The van der Waals surface area contributed by atoms with Gasteiger partial charge in [0, 0.05) is 19.5 Å². The molecule has 0 heterocycles. The second-order valence-electron chi connectivity index (χ2n) is 4.13. The summed E-state index contributed by atoms with van der Waals surface area (Å²) in [5.41, 5.74) is 5.48. The van der Waals surface area contributed by atoms with E-state index < -0.39 is 0 Å². The molecule has 0 aliphatic rings. The molecule has 0 fully saturated rings. The Morgan fingerprint density at radius 1 is 1.53 bits per heavy atom. The van der Waals surface area contributed by atoms with Crippen molar-refractivity contribution in [2.24, 2.45) is 11.7 Å². The van der Waals surface area contributed by atoms with Crippen LogP contribution in [0.4, 0.5) is 0 Å². The van der Waals surface area contributed by atoms with Crippen LogP contribution in [0.2, 0.25) is 0 Å². The number of nitrogens with one attached hydrogen (secondary N) is 1. The lowest BCUT2D eigenvalue weighted by molar-refractivity contribution is -0.121. The molecule has 0 bridgehead atoms. The monoisotopic (exact) mass is 215 g/mol. The lowest BCUT2D eigenvalue weighted by Gasteiger charge is -2.14. The van der Waals surface area contributed by atoms with Crippen LogP contribution in [0.3, 0.4) is 0 Å². The number of carbonyl (C=O) groups is 1. The molecule has 0 aliphatic heterocycles. The van der Waals surface area contributed by atoms with Crippen LogP contribution in [0.25, 0.3) is 0 Å². The van der Waals surface area contributed by atoms with Gasteiger partial charge in [0.2, 0.25) is 5.91 Å². The fraction of sp³-hybridized carbons (Fsp3) is 0.909. The maximum Gasteiger partial charge on any atom is 0.220 e. The van der Waals surface area contributed by atoms with Crippen LogP contribution in [0.1, 0.15) is 26.7 Å². The molecule has 0 saturated carbocycles. The molecule has 15 heavy (non-hydrogen) atoms. The van der Waals surface area contributed by atoms with E-state index in [-0.39, 0.29) is 5.91 Å². The highest BCUT2D eigenvalue weighted by Crippen LogP contribution is 2.02. The van der Waals surface area contributed by atoms with Crippen molar-refractivity contribution in [3.05, 3.63) is 0 Å². The molecule has 0 aromatic rings. The molecule has 0 aromatic heterocycles. The Balaban J connectivity index is 3.41. The molecule has 4 heteroatoms. The molecular formula is C11H25N3O. The first-order valence-electron chi connectivity index (χ1n) is 5.75. The number of nitrogens with two attached hydrogens (primary N) is 1. The van der Waals surface area contributed by atoms with E-state index in [1.807, 2.05) is 7.05 Å². The van der Waals surface area contributed by atoms with Crippen LogP contribution < -0.4 is 11.1 Å². The third kappa shape index (κ3) is 8.39. The van der Waals surface area contributed by atoms with Crippen molar-refractivity contribution in [2.75, 3.05) is 33.2 Å². The number of carbonyl (C=O) groups excluding carboxylic acids is 1. The van der Waals surface area contributed by atoms with Gasteiger partial charge < -0.3 is 16.0 Å². The van der Waals surface area contributed by atoms with Crippen molar-refractivity contribution >= 4 is 5.91 Å². The first-order valence-corrected chi connectivity index (χ1v) is 5.75. The molecule has 90 valence electrons. The Hall–Kier alpha value is -0.610. The maximum absolute atomic E-state index is 11.4. The second kappa shape index (κ2) is 8.68. The molecule has 1 unspecified atom stereocenters. The van der Waals surface area contributed by atoms with Crippen LogP contribution in [0, 0.1) is 5.92 Å². The van der Waals surface area contributed by atoms with Gasteiger partial charge in [-0.1, -0.05) is 13.8 Å². The van der Waals surface area contributed by atoms with Gasteiger partial charge in [-0.05, 0) is 32.5 Å². The van der Waals surface area contributed by atoms with Gasteiger partial charge in [0.05, 0.1) is 0 Å². The van der Waals surface area contributed by atoms with Crippen LogP contribution >= 0.6 is 0 Å². The van der Waals surface area contributed by atoms with Gasteiger partial charge in [0.25, 0.3) is 0 Å². The van der Waals surface area contributed by atoms with Gasteiger partial charge >= 0.3 is 0 Å². The normalized spacial score (nSPS) is 12.9. The molecule has 0 radical (unpaired) electrons. The smallest absolute Gasteiger partial charge is 0.220 e. The minimum absolute atomic E-state index is 0.139. The fourth-order valence-electron chi connectivity index (χ4n) is 1.13. The van der Waals surface area contributed by atoms with Gasteiger partial charge in [-0.2, -0.15) is 0 Å². The molecule has 0 spiro atoms. The van der Waals surface area contributed by atoms with E-state index in [9.17, 15) is 4.79 Å². The lowest BCUT2D eigenvalue weighted by Crippen LogP contribution is -2.33. The molecule has 0 rings (SSSR count). The number of rotatable bonds is 8. The molecule has 1 atom stereocenters. The number of likely N-dealkylation sites (N-methyl/N-ethyl adjacent to an activating group) is 1. The van der Waals surface area contributed by atoms with Gasteiger partial charge in [0.1, 0.15) is 0 Å². The standard InChI is InChI=1S/C11H25N3O/c1-4-14(3)8-7-13-11(15)6-5-10(2)9-12/h10H,4-9,12H2,1-3H3,(H,13,15). The van der Waals surface area contributed by atoms with Crippen molar-refractivity contribution in [1.29, 1.82) is 0 Å². The molecule has 0 saturated heterocycles. The van der Waals surface area contributed by atoms with E-state index >= 15 is 0 Å². The largest absolute Gasteiger partial charge is 0.355 e. The van der Waals surface area contributed by atoms with E-state index in [0.717, 1.165) is 26.1 Å². The average molecular weight is 215 g/mol. The minimum Gasteiger partial charge on any atom is -0.355 e. The number of hydrogen-bond donors (Lipinski definition) is 2. The Morgan fingerprint density at radius 2 is 2.20 bits per heavy atom. The summed E-state index contributed by atoms with van der Waals surface area (Å²) in [4.78, 5) is 13.5. The summed E-state index contributed by atoms with van der Waals surface area (Å²) < 4.78 is 0. The molecule has 4 nitrogen and oxygen atoms in total. The zero-order valence-corrected chi connectivity index (χ0v) is 10.3. The predicted molar refractivity (Wildman–Crippen MR) is 63.6 cm³/mol. The topological polar surface area (TPSA) is 58.4 Å². The highest BCUT2D eigenvalue weighted by Gasteiger charge is 2.04. The molecular weight excluding hydrogens is 190 g/mol. The molecule has 3 N–H and O–H groups in total. The summed E-state index contributed by atoms with van der Waals surface area (Å²) >= 11 is 0. The first kappa shape index (κ1) is 14.4. The van der Waals surface area contributed by atoms with E-state index in [1.54, 1.807) is 0 Å². The zero-order valence-electron chi connectivity index (χ0n) is 10.3. The van der Waals surface area contributed by atoms with Crippen LogP contribution in [-0.4, -0.2) is 44.0 Å². The second-order valence-corrected chi connectivity index (χ2v) is 4.13. The summed E-state index contributed by atoms with van der Waals surface area (Å²) in [5.74, 6) is 0.578. The van der Waals surface area contributed by atoms with Gasteiger partial charge in [-0.3, -0.25) is 4.79 Å². The highest BCUT2D eigenvalue weighted by molar-refractivity contribution is 5.75. The number of hydrogen-bond acceptors (Lipinski definition) is 3. The van der Waals surface area contributed by atoms with Crippen molar-refractivity contribution in [3.8, 4) is 0 Å². The summed E-state index contributed by atoms with van der Waals surface area (Å²) in [6, 6.07) is 0. The summed E-state index contributed by atoms with van der Waals surface area (Å²) in [7, 11) is 2.04. The van der Waals surface area contributed by atoms with Crippen LogP contribution in [0.5, 0.6) is 0 Å². The summed E-state index contributed by atoms with van der Waals surface area (Å²) in [6.07, 6.45) is 1.47. The summed E-state index contributed by atoms with van der Waals surface area (Å²) in [6.45, 7) is 7.49. The number of amides is 1. The van der Waals surface area contributed by atoms with E-state index in [0.29, 0.717) is 18.9 Å². The Kier molecular flexibility index (Phi) is 8.33. The highest BCUT2D eigenvalue weighted by atomic mass is 16.1. The Labute approximate surface area is 93.2 Å². The quantitative estimate of drug-likeness (QED) is 0.617. The van der Waals surface area contributed by atoms with Gasteiger partial charge in [-0.15, -0.1) is 0 Å². The van der Waals surface area contributed by atoms with E-state index in [2.05, 4.69) is 24.1 Å². The van der Waals surface area contributed by atoms with Crippen molar-refractivity contribution in [1.82, 2.24) is 10.2 Å². The zero-order chi connectivity index (χ0) is 11.7.